The highest BCUT2D eigenvalue weighted by Crippen LogP contribution is 2.28. The molecule has 1 fully saturated rings. The Morgan fingerprint density at radius 2 is 2.05 bits per heavy atom. The van der Waals surface area contributed by atoms with Crippen molar-refractivity contribution >= 4 is 11.6 Å². The van der Waals surface area contributed by atoms with Crippen LogP contribution in [0.1, 0.15) is 63.3 Å². The van der Waals surface area contributed by atoms with Gasteiger partial charge in [-0.1, -0.05) is 43.7 Å². The lowest BCUT2D eigenvalue weighted by molar-refractivity contribution is 0.322. The number of rotatable bonds is 6. The minimum absolute atomic E-state index is 0.204. The molecule has 0 radical (unpaired) electrons. The van der Waals surface area contributed by atoms with Crippen molar-refractivity contribution in [2.24, 2.45) is 11.7 Å². The lowest BCUT2D eigenvalue weighted by Gasteiger charge is -2.23. The first-order valence-corrected chi connectivity index (χ1v) is 8.47. The van der Waals surface area contributed by atoms with Crippen molar-refractivity contribution < 1.29 is 0 Å². The maximum absolute atomic E-state index is 6.35. The molecule has 1 aromatic heterocycles. The molecule has 0 saturated heterocycles. The summed E-state index contributed by atoms with van der Waals surface area (Å²) in [7, 11) is 0. The van der Waals surface area contributed by atoms with Crippen molar-refractivity contribution in [2.75, 3.05) is 0 Å². The summed E-state index contributed by atoms with van der Waals surface area (Å²) in [6.45, 7) is 4.92. The number of hydrogen-bond donors (Lipinski definition) is 1. The Balaban J connectivity index is 1.86. The van der Waals surface area contributed by atoms with E-state index >= 15 is 0 Å². The summed E-state index contributed by atoms with van der Waals surface area (Å²) < 4.78 is 2.00. The van der Waals surface area contributed by atoms with Crippen molar-refractivity contribution in [2.45, 2.75) is 77.8 Å². The molecule has 20 heavy (non-hydrogen) atoms. The molecule has 0 bridgehead atoms. The molecule has 1 aliphatic rings. The van der Waals surface area contributed by atoms with E-state index in [9.17, 15) is 0 Å². The van der Waals surface area contributed by atoms with Crippen LogP contribution in [0.25, 0.3) is 0 Å². The molecule has 2 N–H and O–H groups in total. The van der Waals surface area contributed by atoms with Gasteiger partial charge in [0.25, 0.3) is 0 Å². The van der Waals surface area contributed by atoms with Gasteiger partial charge >= 0.3 is 0 Å². The molecule has 4 heteroatoms. The van der Waals surface area contributed by atoms with Crippen LogP contribution in [0.2, 0.25) is 5.02 Å². The summed E-state index contributed by atoms with van der Waals surface area (Å²) in [6.07, 6.45) is 10.3. The van der Waals surface area contributed by atoms with Gasteiger partial charge in [0, 0.05) is 19.0 Å². The molecule has 0 spiro atoms. The Hall–Kier alpha value is -0.540. The first-order valence-electron chi connectivity index (χ1n) is 8.09. The molecular formula is C16H28ClN3. The molecule has 1 atom stereocenters. The average Bonchev–Trinajstić information content (AvgIpc) is 2.74. The second kappa shape index (κ2) is 7.46. The molecule has 114 valence electrons. The molecule has 2 rings (SSSR count). The van der Waals surface area contributed by atoms with E-state index in [1.807, 2.05) is 11.6 Å². The molecule has 1 heterocycles. The highest BCUT2D eigenvalue weighted by atomic mass is 35.5. The van der Waals surface area contributed by atoms with Crippen molar-refractivity contribution in [1.82, 2.24) is 9.78 Å². The quantitative estimate of drug-likeness (QED) is 0.859. The van der Waals surface area contributed by atoms with Gasteiger partial charge in [-0.2, -0.15) is 5.10 Å². The summed E-state index contributed by atoms with van der Waals surface area (Å²) >= 11 is 6.35. The molecule has 3 nitrogen and oxygen atoms in total. The third kappa shape index (κ3) is 3.98. The van der Waals surface area contributed by atoms with Crippen LogP contribution in [0.5, 0.6) is 0 Å². The monoisotopic (exact) mass is 297 g/mol. The van der Waals surface area contributed by atoms with Crippen LogP contribution in [0.15, 0.2) is 0 Å². The van der Waals surface area contributed by atoms with Gasteiger partial charge in [0.05, 0.1) is 16.4 Å². The second-order valence-electron chi connectivity index (χ2n) is 6.21. The number of aromatic nitrogens is 2. The minimum atomic E-state index is 0.204. The van der Waals surface area contributed by atoms with Crippen LogP contribution in [0.3, 0.4) is 0 Å². The van der Waals surface area contributed by atoms with Gasteiger partial charge in [-0.05, 0) is 32.6 Å². The van der Waals surface area contributed by atoms with E-state index in [0.717, 1.165) is 41.7 Å². The Labute approximate surface area is 127 Å². The normalized spacial score (nSPS) is 18.4. The van der Waals surface area contributed by atoms with Crippen LogP contribution >= 0.6 is 11.6 Å². The topological polar surface area (TPSA) is 43.8 Å². The zero-order valence-electron chi connectivity index (χ0n) is 12.9. The number of nitrogens with zero attached hydrogens (tertiary/aromatic N) is 2. The molecule has 1 aromatic rings. The second-order valence-corrected chi connectivity index (χ2v) is 6.59. The van der Waals surface area contributed by atoms with Crippen LogP contribution in [-0.2, 0) is 13.0 Å². The number of halogens is 1. The number of nitrogens with two attached hydrogens (primary N) is 1. The predicted octanol–water partition coefficient (Wildman–Crippen LogP) is 4.10. The summed E-state index contributed by atoms with van der Waals surface area (Å²) in [5.74, 6) is 0.906. The zero-order chi connectivity index (χ0) is 14.5. The van der Waals surface area contributed by atoms with E-state index in [1.54, 1.807) is 0 Å². The predicted molar refractivity (Wildman–Crippen MR) is 85.1 cm³/mol. The lowest BCUT2D eigenvalue weighted by atomic mass is 9.85. The maximum atomic E-state index is 6.35. The summed E-state index contributed by atoms with van der Waals surface area (Å²) in [5.41, 5.74) is 8.36. The van der Waals surface area contributed by atoms with Gasteiger partial charge in [0.2, 0.25) is 0 Å². The fourth-order valence-electron chi connectivity index (χ4n) is 3.34. The molecule has 0 amide bonds. The zero-order valence-corrected chi connectivity index (χ0v) is 13.6. The van der Waals surface area contributed by atoms with Crippen LogP contribution in [0, 0.1) is 12.8 Å². The van der Waals surface area contributed by atoms with Gasteiger partial charge in [-0.15, -0.1) is 0 Å². The van der Waals surface area contributed by atoms with Gasteiger partial charge in [-0.3, -0.25) is 4.68 Å². The maximum Gasteiger partial charge on any atom is 0.0847 e. The van der Waals surface area contributed by atoms with E-state index in [0.29, 0.717) is 0 Å². The van der Waals surface area contributed by atoms with Crippen molar-refractivity contribution in [1.29, 1.82) is 0 Å². The van der Waals surface area contributed by atoms with E-state index in [-0.39, 0.29) is 6.04 Å². The van der Waals surface area contributed by atoms with Crippen LogP contribution < -0.4 is 5.73 Å². The molecule has 1 saturated carbocycles. The molecule has 1 unspecified atom stereocenters. The van der Waals surface area contributed by atoms with E-state index in [4.69, 9.17) is 17.3 Å². The molecule has 0 aliphatic heterocycles. The number of hydrogen-bond acceptors (Lipinski definition) is 2. The number of aryl methyl sites for hydroxylation is 2. The smallest absolute Gasteiger partial charge is 0.0847 e. The molecular weight excluding hydrogens is 270 g/mol. The first-order chi connectivity index (χ1) is 9.61. The van der Waals surface area contributed by atoms with Crippen LogP contribution in [0.4, 0.5) is 0 Å². The van der Waals surface area contributed by atoms with E-state index in [1.165, 1.54) is 38.5 Å². The average molecular weight is 298 g/mol. The minimum Gasteiger partial charge on any atom is -0.327 e. The van der Waals surface area contributed by atoms with Crippen molar-refractivity contribution in [3.05, 3.63) is 16.4 Å². The third-order valence-corrected chi connectivity index (χ3v) is 5.07. The highest BCUT2D eigenvalue weighted by molar-refractivity contribution is 6.31. The van der Waals surface area contributed by atoms with Crippen molar-refractivity contribution in [3.63, 3.8) is 0 Å². The fraction of sp³-hybridized carbons (Fsp3) is 0.812. The van der Waals surface area contributed by atoms with Gasteiger partial charge in [-0.25, -0.2) is 0 Å². The largest absolute Gasteiger partial charge is 0.327 e. The first kappa shape index (κ1) is 15.8. The summed E-state index contributed by atoms with van der Waals surface area (Å²) in [5, 5.41) is 5.27. The lowest BCUT2D eigenvalue weighted by Crippen LogP contribution is -2.25. The highest BCUT2D eigenvalue weighted by Gasteiger charge is 2.18. The SMILES string of the molecule is CCn1nc(C)c(Cl)c1CC(N)CCC1CCCCC1. The third-order valence-electron chi connectivity index (χ3n) is 4.58. The Morgan fingerprint density at radius 3 is 2.70 bits per heavy atom. The van der Waals surface area contributed by atoms with Crippen LogP contribution in [-0.4, -0.2) is 15.8 Å². The van der Waals surface area contributed by atoms with Gasteiger partial charge in [0.1, 0.15) is 0 Å². The Bertz CT molecular complexity index is 422. The standard InChI is InChI=1S/C16H28ClN3/c1-3-20-15(16(17)12(2)19-20)11-14(18)10-9-13-7-5-4-6-8-13/h13-14H,3-11,18H2,1-2H3. The fourth-order valence-corrected chi connectivity index (χ4v) is 3.55. The summed E-state index contributed by atoms with van der Waals surface area (Å²) in [6, 6.07) is 0.204. The Kier molecular flexibility index (Phi) is 5.91. The molecule has 0 aromatic carbocycles. The summed E-state index contributed by atoms with van der Waals surface area (Å²) in [4.78, 5) is 0. The van der Waals surface area contributed by atoms with Gasteiger partial charge < -0.3 is 5.73 Å². The van der Waals surface area contributed by atoms with Gasteiger partial charge in [0.15, 0.2) is 0 Å². The van der Waals surface area contributed by atoms with E-state index < -0.39 is 0 Å². The van der Waals surface area contributed by atoms with Crippen molar-refractivity contribution in [3.8, 4) is 0 Å². The Morgan fingerprint density at radius 1 is 1.35 bits per heavy atom. The van der Waals surface area contributed by atoms with E-state index in [2.05, 4.69) is 12.0 Å². The molecule has 1 aliphatic carbocycles.